The number of sulfonamides is 1. The van der Waals surface area contributed by atoms with Crippen LogP contribution in [0, 0.1) is 6.92 Å². The molecule has 0 amide bonds. The summed E-state index contributed by atoms with van der Waals surface area (Å²) < 4.78 is 33.4. The van der Waals surface area contributed by atoms with Crippen molar-refractivity contribution in [2.24, 2.45) is 0 Å². The summed E-state index contributed by atoms with van der Waals surface area (Å²) in [5.41, 5.74) is 1.35. The average molecular weight is 328 g/mol. The molecule has 2 aromatic carbocycles. The Morgan fingerprint density at radius 2 is 1.96 bits per heavy atom. The number of hydrogen-bond acceptors (Lipinski definition) is 4. The van der Waals surface area contributed by atoms with Crippen molar-refractivity contribution < 1.29 is 13.2 Å². The first kappa shape index (κ1) is 15.3. The summed E-state index contributed by atoms with van der Waals surface area (Å²) in [6.45, 7) is 1.84. The van der Waals surface area contributed by atoms with Gasteiger partial charge in [0.15, 0.2) is 0 Å². The van der Waals surface area contributed by atoms with E-state index in [-0.39, 0.29) is 4.90 Å². The van der Waals surface area contributed by atoms with Crippen molar-refractivity contribution in [1.82, 2.24) is 4.98 Å². The van der Waals surface area contributed by atoms with E-state index < -0.39 is 10.0 Å². The standard InChI is InChI=1S/C17H16N2O3S/c1-12-6-7-16(22-2)17(10-12)23(20,21)19-15-5-3-4-13-11-18-9-8-14(13)15/h3-11,19H,1-2H3. The van der Waals surface area contributed by atoms with Crippen LogP contribution in [0.25, 0.3) is 10.8 Å². The lowest BCUT2D eigenvalue weighted by Gasteiger charge is -2.13. The van der Waals surface area contributed by atoms with Crippen LogP contribution in [0.4, 0.5) is 5.69 Å². The van der Waals surface area contributed by atoms with E-state index >= 15 is 0 Å². The number of nitrogens with zero attached hydrogens (tertiary/aromatic N) is 1. The maximum atomic E-state index is 12.8. The third-order valence-corrected chi connectivity index (χ3v) is 4.92. The molecule has 0 fully saturated rings. The molecule has 6 heteroatoms. The normalized spacial score (nSPS) is 11.4. The number of benzene rings is 2. The van der Waals surface area contributed by atoms with Gasteiger partial charge >= 0.3 is 0 Å². The zero-order chi connectivity index (χ0) is 16.4. The summed E-state index contributed by atoms with van der Waals surface area (Å²) in [5.74, 6) is 0.310. The zero-order valence-electron chi connectivity index (χ0n) is 12.8. The Hall–Kier alpha value is -2.60. The second-order valence-electron chi connectivity index (χ2n) is 5.16. The van der Waals surface area contributed by atoms with Gasteiger partial charge < -0.3 is 4.74 Å². The Morgan fingerprint density at radius 1 is 1.13 bits per heavy atom. The molecule has 0 atom stereocenters. The molecule has 118 valence electrons. The minimum atomic E-state index is -3.77. The maximum Gasteiger partial charge on any atom is 0.265 e. The minimum absolute atomic E-state index is 0.117. The van der Waals surface area contributed by atoms with Gasteiger partial charge in [0.05, 0.1) is 12.8 Å². The fourth-order valence-corrected chi connectivity index (χ4v) is 3.74. The molecule has 0 spiro atoms. The summed E-state index contributed by atoms with van der Waals surface area (Å²) in [7, 11) is -2.31. The lowest BCUT2D eigenvalue weighted by Crippen LogP contribution is -2.14. The number of aryl methyl sites for hydroxylation is 1. The Morgan fingerprint density at radius 3 is 2.74 bits per heavy atom. The van der Waals surface area contributed by atoms with E-state index in [1.165, 1.54) is 7.11 Å². The van der Waals surface area contributed by atoms with Gasteiger partial charge in [-0.2, -0.15) is 0 Å². The predicted molar refractivity (Wildman–Crippen MR) is 90.3 cm³/mol. The SMILES string of the molecule is COc1ccc(C)cc1S(=O)(=O)Nc1cccc2cnccc12. The van der Waals surface area contributed by atoms with Crippen LogP contribution in [0.3, 0.4) is 0 Å². The molecule has 1 aromatic heterocycles. The van der Waals surface area contributed by atoms with E-state index in [2.05, 4.69) is 9.71 Å². The van der Waals surface area contributed by atoms with E-state index in [0.717, 1.165) is 16.3 Å². The molecule has 23 heavy (non-hydrogen) atoms. The first-order valence-corrected chi connectivity index (χ1v) is 8.50. The Balaban J connectivity index is 2.09. The Kier molecular flexibility index (Phi) is 3.92. The molecule has 0 bridgehead atoms. The first-order chi connectivity index (χ1) is 11.0. The lowest BCUT2D eigenvalue weighted by molar-refractivity contribution is 0.402. The highest BCUT2D eigenvalue weighted by Gasteiger charge is 2.20. The van der Waals surface area contributed by atoms with Gasteiger partial charge in [0.25, 0.3) is 10.0 Å². The molecular formula is C17H16N2O3S. The fourth-order valence-electron chi connectivity index (χ4n) is 2.41. The summed E-state index contributed by atoms with van der Waals surface area (Å²) >= 11 is 0. The second kappa shape index (κ2) is 5.89. The number of pyridine rings is 1. The highest BCUT2D eigenvalue weighted by Crippen LogP contribution is 2.29. The number of fused-ring (bicyclic) bond motifs is 1. The van der Waals surface area contributed by atoms with Crippen molar-refractivity contribution >= 4 is 26.5 Å². The van der Waals surface area contributed by atoms with Gasteiger partial charge in [-0.1, -0.05) is 18.2 Å². The molecule has 5 nitrogen and oxygen atoms in total. The quantitative estimate of drug-likeness (QED) is 0.797. The van der Waals surface area contributed by atoms with E-state index in [1.54, 1.807) is 48.8 Å². The molecule has 0 aliphatic carbocycles. The second-order valence-corrected chi connectivity index (χ2v) is 6.81. The molecule has 0 aliphatic rings. The topological polar surface area (TPSA) is 68.3 Å². The number of methoxy groups -OCH3 is 1. The third-order valence-electron chi connectivity index (χ3n) is 3.53. The molecular weight excluding hydrogens is 312 g/mol. The van der Waals surface area contributed by atoms with Crippen LogP contribution in [-0.4, -0.2) is 20.5 Å². The summed E-state index contributed by atoms with van der Waals surface area (Å²) in [6, 6.07) is 12.2. The van der Waals surface area contributed by atoms with E-state index in [9.17, 15) is 8.42 Å². The number of ether oxygens (including phenoxy) is 1. The molecule has 0 radical (unpaired) electrons. The van der Waals surface area contributed by atoms with E-state index in [4.69, 9.17) is 4.74 Å². The summed E-state index contributed by atoms with van der Waals surface area (Å²) in [4.78, 5) is 4.17. The number of nitrogens with one attached hydrogen (secondary N) is 1. The Labute approximate surface area is 135 Å². The molecule has 0 saturated carbocycles. The van der Waals surface area contributed by atoms with Crippen molar-refractivity contribution in [3.8, 4) is 5.75 Å². The van der Waals surface area contributed by atoms with Gasteiger partial charge in [-0.05, 0) is 36.8 Å². The van der Waals surface area contributed by atoms with Crippen molar-refractivity contribution in [2.75, 3.05) is 11.8 Å². The van der Waals surface area contributed by atoms with Crippen LogP contribution in [0.1, 0.15) is 5.56 Å². The smallest absolute Gasteiger partial charge is 0.265 e. The van der Waals surface area contributed by atoms with Crippen molar-refractivity contribution in [1.29, 1.82) is 0 Å². The molecule has 3 rings (SSSR count). The minimum Gasteiger partial charge on any atom is -0.495 e. The largest absolute Gasteiger partial charge is 0.495 e. The van der Waals surface area contributed by atoms with Gasteiger partial charge in [-0.15, -0.1) is 0 Å². The molecule has 0 aliphatic heterocycles. The van der Waals surface area contributed by atoms with E-state index in [1.807, 2.05) is 13.0 Å². The number of aromatic nitrogens is 1. The van der Waals surface area contributed by atoms with Crippen molar-refractivity contribution in [2.45, 2.75) is 11.8 Å². The fraction of sp³-hybridized carbons (Fsp3) is 0.118. The molecule has 1 N–H and O–H groups in total. The molecule has 3 aromatic rings. The monoisotopic (exact) mass is 328 g/mol. The molecule has 0 saturated heterocycles. The van der Waals surface area contributed by atoms with Gasteiger partial charge in [0.1, 0.15) is 10.6 Å². The molecule has 0 unspecified atom stereocenters. The summed E-state index contributed by atoms with van der Waals surface area (Å²) in [6.07, 6.45) is 3.33. The van der Waals surface area contributed by atoms with Crippen LogP contribution < -0.4 is 9.46 Å². The average Bonchev–Trinajstić information content (AvgIpc) is 2.55. The highest BCUT2D eigenvalue weighted by atomic mass is 32.2. The van der Waals surface area contributed by atoms with Gasteiger partial charge in [0, 0.05) is 23.2 Å². The van der Waals surface area contributed by atoms with Crippen LogP contribution >= 0.6 is 0 Å². The third kappa shape index (κ3) is 2.98. The maximum absolute atomic E-state index is 12.8. The zero-order valence-corrected chi connectivity index (χ0v) is 13.6. The number of hydrogen-bond donors (Lipinski definition) is 1. The predicted octanol–water partition coefficient (Wildman–Crippen LogP) is 3.35. The first-order valence-electron chi connectivity index (χ1n) is 7.01. The van der Waals surface area contributed by atoms with Gasteiger partial charge in [-0.3, -0.25) is 9.71 Å². The van der Waals surface area contributed by atoms with Crippen LogP contribution in [0.2, 0.25) is 0 Å². The van der Waals surface area contributed by atoms with E-state index in [0.29, 0.717) is 11.4 Å². The molecule has 1 heterocycles. The van der Waals surface area contributed by atoms with Crippen molar-refractivity contribution in [3.05, 3.63) is 60.4 Å². The number of anilines is 1. The lowest BCUT2D eigenvalue weighted by atomic mass is 10.1. The van der Waals surface area contributed by atoms with Crippen LogP contribution in [0.15, 0.2) is 59.8 Å². The number of rotatable bonds is 4. The van der Waals surface area contributed by atoms with Crippen LogP contribution in [0.5, 0.6) is 5.75 Å². The Bertz CT molecular complexity index is 963. The van der Waals surface area contributed by atoms with Gasteiger partial charge in [-0.25, -0.2) is 8.42 Å². The van der Waals surface area contributed by atoms with Crippen LogP contribution in [-0.2, 0) is 10.0 Å². The van der Waals surface area contributed by atoms with Gasteiger partial charge in [0.2, 0.25) is 0 Å². The van der Waals surface area contributed by atoms with Crippen molar-refractivity contribution in [3.63, 3.8) is 0 Å². The summed E-state index contributed by atoms with van der Waals surface area (Å²) in [5, 5.41) is 1.65. The highest BCUT2D eigenvalue weighted by molar-refractivity contribution is 7.92.